The van der Waals surface area contributed by atoms with Crippen molar-refractivity contribution in [3.8, 4) is 5.75 Å². The zero-order chi connectivity index (χ0) is 11.3. The van der Waals surface area contributed by atoms with Crippen LogP contribution in [0.1, 0.15) is 11.8 Å². The molecule has 0 saturated heterocycles. The predicted octanol–water partition coefficient (Wildman–Crippen LogP) is 1.61. The highest BCUT2D eigenvalue weighted by Gasteiger charge is 2.07. The van der Waals surface area contributed by atoms with Crippen molar-refractivity contribution in [2.24, 2.45) is 0 Å². The average molecular weight is 247 g/mol. The van der Waals surface area contributed by atoms with Gasteiger partial charge in [-0.2, -0.15) is 0 Å². The average Bonchev–Trinajstić information content (AvgIpc) is 2.60. The third kappa shape index (κ3) is 4.32. The monoisotopic (exact) mass is 247 g/mol. The van der Waals surface area contributed by atoms with Crippen molar-refractivity contribution < 1.29 is 8.95 Å². The van der Waals surface area contributed by atoms with Crippen LogP contribution in [-0.2, 0) is 17.3 Å². The van der Waals surface area contributed by atoms with E-state index in [1.807, 2.05) is 18.4 Å². The maximum absolute atomic E-state index is 11.0. The molecule has 0 amide bonds. The number of hydrogen-bond donors (Lipinski definition) is 1. The van der Waals surface area contributed by atoms with E-state index in [4.69, 9.17) is 4.74 Å². The molecule has 0 aliphatic rings. The lowest BCUT2D eigenvalue weighted by Crippen LogP contribution is -2.30. The van der Waals surface area contributed by atoms with Crippen LogP contribution in [0.5, 0.6) is 5.75 Å². The molecule has 15 heavy (non-hydrogen) atoms. The Hall–Kier alpha value is -0.390. The van der Waals surface area contributed by atoms with Crippen molar-refractivity contribution in [3.63, 3.8) is 0 Å². The topological polar surface area (TPSA) is 38.3 Å². The van der Waals surface area contributed by atoms with Gasteiger partial charge in [0.05, 0.1) is 12.0 Å². The Kier molecular flexibility index (Phi) is 5.28. The molecular weight excluding hydrogens is 230 g/mol. The lowest BCUT2D eigenvalue weighted by molar-refractivity contribution is 0.409. The highest BCUT2D eigenvalue weighted by atomic mass is 32.2. The molecule has 5 heteroatoms. The van der Waals surface area contributed by atoms with E-state index in [1.165, 1.54) is 4.88 Å². The fourth-order valence-electron chi connectivity index (χ4n) is 1.32. The van der Waals surface area contributed by atoms with Crippen LogP contribution in [0.3, 0.4) is 0 Å². The van der Waals surface area contributed by atoms with Crippen molar-refractivity contribution in [2.75, 3.05) is 19.1 Å². The van der Waals surface area contributed by atoms with E-state index in [0.29, 0.717) is 5.75 Å². The van der Waals surface area contributed by atoms with Crippen LogP contribution in [-0.4, -0.2) is 29.4 Å². The van der Waals surface area contributed by atoms with Crippen molar-refractivity contribution in [2.45, 2.75) is 19.5 Å². The molecule has 0 spiro atoms. The zero-order valence-corrected chi connectivity index (χ0v) is 10.9. The summed E-state index contributed by atoms with van der Waals surface area (Å²) in [5.74, 6) is 1.62. The Bertz CT molecular complexity index is 325. The van der Waals surface area contributed by atoms with Gasteiger partial charge in [0, 0.05) is 35.4 Å². The molecule has 3 nitrogen and oxygen atoms in total. The second-order valence-corrected chi connectivity index (χ2v) is 5.91. The first-order valence-corrected chi connectivity index (χ1v) is 7.38. The Balaban J connectivity index is 2.39. The van der Waals surface area contributed by atoms with E-state index >= 15 is 0 Å². The van der Waals surface area contributed by atoms with Gasteiger partial charge in [-0.05, 0) is 18.4 Å². The minimum absolute atomic E-state index is 0.266. The van der Waals surface area contributed by atoms with Gasteiger partial charge in [0.2, 0.25) is 0 Å². The molecule has 1 rings (SSSR count). The molecule has 1 aromatic heterocycles. The largest absolute Gasteiger partial charge is 0.496 e. The van der Waals surface area contributed by atoms with Gasteiger partial charge in [-0.25, -0.2) is 0 Å². The van der Waals surface area contributed by atoms with Crippen LogP contribution in [0.2, 0.25) is 0 Å². The quantitative estimate of drug-likeness (QED) is 0.830. The van der Waals surface area contributed by atoms with Gasteiger partial charge in [-0.1, -0.05) is 0 Å². The summed E-state index contributed by atoms with van der Waals surface area (Å²) in [6.45, 7) is 2.82. The fraction of sp³-hybridized carbons (Fsp3) is 0.600. The van der Waals surface area contributed by atoms with E-state index in [-0.39, 0.29) is 6.04 Å². The smallest absolute Gasteiger partial charge is 0.134 e. The Morgan fingerprint density at radius 2 is 2.40 bits per heavy atom. The molecule has 0 saturated carbocycles. The van der Waals surface area contributed by atoms with Crippen molar-refractivity contribution in [1.82, 2.24) is 5.32 Å². The molecule has 0 aliphatic heterocycles. The summed E-state index contributed by atoms with van der Waals surface area (Å²) in [5.41, 5.74) is 0. The molecule has 86 valence electrons. The van der Waals surface area contributed by atoms with Gasteiger partial charge in [-0.3, -0.25) is 4.21 Å². The van der Waals surface area contributed by atoms with Gasteiger partial charge < -0.3 is 10.1 Å². The van der Waals surface area contributed by atoms with E-state index < -0.39 is 10.8 Å². The highest BCUT2D eigenvalue weighted by Crippen LogP contribution is 2.23. The summed E-state index contributed by atoms with van der Waals surface area (Å²) in [7, 11) is 0.935. The van der Waals surface area contributed by atoms with Gasteiger partial charge in [0.15, 0.2) is 0 Å². The van der Waals surface area contributed by atoms with Crippen LogP contribution in [0.25, 0.3) is 0 Å². The summed E-state index contributed by atoms with van der Waals surface area (Å²) in [5, 5.41) is 5.34. The Labute approximate surface area is 97.3 Å². The number of methoxy groups -OCH3 is 1. The highest BCUT2D eigenvalue weighted by molar-refractivity contribution is 7.84. The minimum Gasteiger partial charge on any atom is -0.496 e. The molecule has 2 unspecified atom stereocenters. The van der Waals surface area contributed by atoms with Gasteiger partial charge in [-0.15, -0.1) is 11.3 Å². The molecule has 0 radical (unpaired) electrons. The van der Waals surface area contributed by atoms with Crippen LogP contribution in [0.15, 0.2) is 11.4 Å². The third-order valence-electron chi connectivity index (χ3n) is 2.02. The maximum Gasteiger partial charge on any atom is 0.134 e. The first-order chi connectivity index (χ1) is 7.13. The number of hydrogen-bond acceptors (Lipinski definition) is 4. The van der Waals surface area contributed by atoms with Gasteiger partial charge >= 0.3 is 0 Å². The van der Waals surface area contributed by atoms with E-state index in [9.17, 15) is 4.21 Å². The van der Waals surface area contributed by atoms with Crippen molar-refractivity contribution in [3.05, 3.63) is 16.3 Å². The summed E-state index contributed by atoms with van der Waals surface area (Å²) in [6.07, 6.45) is 1.73. The molecule has 0 aromatic carbocycles. The van der Waals surface area contributed by atoms with Gasteiger partial charge in [0.25, 0.3) is 0 Å². The van der Waals surface area contributed by atoms with E-state index in [1.54, 1.807) is 24.7 Å². The molecule has 0 fully saturated rings. The minimum atomic E-state index is -0.741. The van der Waals surface area contributed by atoms with E-state index in [2.05, 4.69) is 5.32 Å². The standard InChI is InChI=1S/C10H17NO2S2/c1-8(7-15(3)12)11-6-10-9(13-2)4-5-14-10/h4-5,8,11H,6-7H2,1-3H3. The molecule has 1 heterocycles. The molecule has 1 aromatic rings. The Morgan fingerprint density at radius 1 is 1.67 bits per heavy atom. The number of nitrogens with one attached hydrogen (secondary N) is 1. The van der Waals surface area contributed by atoms with Gasteiger partial charge in [0.1, 0.15) is 5.75 Å². The molecule has 2 atom stereocenters. The molecule has 0 aliphatic carbocycles. The molecular formula is C10H17NO2S2. The van der Waals surface area contributed by atoms with Crippen LogP contribution >= 0.6 is 11.3 Å². The van der Waals surface area contributed by atoms with Crippen molar-refractivity contribution in [1.29, 1.82) is 0 Å². The first-order valence-electron chi connectivity index (χ1n) is 4.77. The first kappa shape index (κ1) is 12.7. The number of rotatable bonds is 6. The van der Waals surface area contributed by atoms with Crippen LogP contribution in [0, 0.1) is 0 Å². The normalized spacial score (nSPS) is 14.9. The zero-order valence-electron chi connectivity index (χ0n) is 9.28. The second-order valence-electron chi connectivity index (χ2n) is 3.43. The summed E-state index contributed by atoms with van der Waals surface area (Å²) in [6, 6.07) is 2.23. The lowest BCUT2D eigenvalue weighted by Gasteiger charge is -2.11. The molecule has 0 bridgehead atoms. The summed E-state index contributed by atoms with van der Waals surface area (Å²) < 4.78 is 16.2. The number of ether oxygens (including phenoxy) is 1. The Morgan fingerprint density at radius 3 is 3.00 bits per heavy atom. The molecule has 1 N–H and O–H groups in total. The second kappa shape index (κ2) is 6.25. The predicted molar refractivity (Wildman–Crippen MR) is 66.1 cm³/mol. The van der Waals surface area contributed by atoms with Crippen LogP contribution in [0.4, 0.5) is 0 Å². The van der Waals surface area contributed by atoms with E-state index in [0.717, 1.165) is 12.3 Å². The lowest BCUT2D eigenvalue weighted by atomic mass is 10.3. The maximum atomic E-state index is 11.0. The van der Waals surface area contributed by atoms with Crippen LogP contribution < -0.4 is 10.1 Å². The summed E-state index contributed by atoms with van der Waals surface area (Å²) >= 11 is 1.67. The fourth-order valence-corrected chi connectivity index (χ4v) is 2.93. The third-order valence-corrected chi connectivity index (χ3v) is 3.89. The summed E-state index contributed by atoms with van der Waals surface area (Å²) in [4.78, 5) is 1.19. The van der Waals surface area contributed by atoms with Crippen molar-refractivity contribution >= 4 is 22.1 Å². The number of thiophene rings is 1. The SMILES string of the molecule is COc1ccsc1CNC(C)CS(C)=O.